The van der Waals surface area contributed by atoms with Gasteiger partial charge in [0.1, 0.15) is 0 Å². The van der Waals surface area contributed by atoms with Gasteiger partial charge >= 0.3 is 0 Å². The normalized spacial score (nSPS) is 18.5. The Kier molecular flexibility index (Phi) is 5.57. The van der Waals surface area contributed by atoms with Crippen molar-refractivity contribution in [2.75, 3.05) is 13.1 Å². The second-order valence-electron chi connectivity index (χ2n) is 5.43. The van der Waals surface area contributed by atoms with Crippen molar-refractivity contribution in [3.8, 4) is 5.69 Å². The van der Waals surface area contributed by atoms with Crippen LogP contribution in [0.4, 0.5) is 0 Å². The van der Waals surface area contributed by atoms with E-state index in [9.17, 15) is 4.79 Å². The Hall–Kier alpha value is -1.85. The molecule has 1 aromatic carbocycles. The Labute approximate surface area is 136 Å². The summed E-state index contributed by atoms with van der Waals surface area (Å²) < 4.78 is 1.83. The summed E-state index contributed by atoms with van der Waals surface area (Å²) in [5, 5.41) is 10.6. The van der Waals surface area contributed by atoms with Crippen LogP contribution in [0.5, 0.6) is 0 Å². The first-order chi connectivity index (χ1) is 10.3. The Bertz CT molecular complexity index is 608. The third kappa shape index (κ3) is 3.48. The molecule has 2 heterocycles. The van der Waals surface area contributed by atoms with Crippen LogP contribution in [-0.4, -0.2) is 28.8 Å². The molecule has 2 N–H and O–H groups in total. The summed E-state index contributed by atoms with van der Waals surface area (Å²) in [4.78, 5) is 12.3. The van der Waals surface area contributed by atoms with E-state index >= 15 is 0 Å². The number of hydrogen-bond donors (Lipinski definition) is 2. The summed E-state index contributed by atoms with van der Waals surface area (Å²) in [5.41, 5.74) is 2.07. The lowest BCUT2D eigenvalue weighted by Gasteiger charge is -2.19. The molecular weight excluding hydrogens is 300 g/mol. The van der Waals surface area contributed by atoms with E-state index in [0.29, 0.717) is 0 Å². The first-order valence-corrected chi connectivity index (χ1v) is 7.36. The first-order valence-electron chi connectivity index (χ1n) is 7.36. The van der Waals surface area contributed by atoms with Gasteiger partial charge < -0.3 is 10.6 Å². The molecule has 118 valence electrons. The number of nitrogens with zero attached hydrogens (tertiary/aromatic N) is 2. The Morgan fingerprint density at radius 1 is 1.41 bits per heavy atom. The predicted octanol–water partition coefficient (Wildman–Crippen LogP) is 2.08. The summed E-state index contributed by atoms with van der Waals surface area (Å²) in [6.07, 6.45) is 4.58. The number of hydrogen-bond acceptors (Lipinski definition) is 3. The second kappa shape index (κ2) is 7.42. The number of nitrogens with one attached hydrogen (secondary N) is 2. The molecule has 2 atom stereocenters. The van der Waals surface area contributed by atoms with Crippen molar-refractivity contribution >= 4 is 18.3 Å². The third-order valence-electron chi connectivity index (χ3n) is 3.94. The summed E-state index contributed by atoms with van der Waals surface area (Å²) in [5.74, 6) is 0.215. The fraction of sp³-hybridized carbons (Fsp3) is 0.375. The highest BCUT2D eigenvalue weighted by atomic mass is 35.5. The van der Waals surface area contributed by atoms with Crippen LogP contribution in [0.15, 0.2) is 42.7 Å². The van der Waals surface area contributed by atoms with Gasteiger partial charge in [-0.25, -0.2) is 4.68 Å². The monoisotopic (exact) mass is 320 g/mol. The van der Waals surface area contributed by atoms with E-state index in [1.807, 2.05) is 48.1 Å². The number of carbonyl (C=O) groups is 1. The van der Waals surface area contributed by atoms with Crippen molar-refractivity contribution in [2.45, 2.75) is 19.4 Å². The van der Waals surface area contributed by atoms with E-state index in [-0.39, 0.29) is 30.3 Å². The van der Waals surface area contributed by atoms with Gasteiger partial charge in [-0.1, -0.05) is 18.2 Å². The lowest BCUT2D eigenvalue weighted by Crippen LogP contribution is -2.34. The van der Waals surface area contributed by atoms with E-state index in [1.54, 1.807) is 6.20 Å². The first kappa shape index (κ1) is 16.5. The van der Waals surface area contributed by atoms with E-state index in [0.717, 1.165) is 30.8 Å². The molecule has 1 aliphatic heterocycles. The van der Waals surface area contributed by atoms with Gasteiger partial charge in [-0.3, -0.25) is 4.79 Å². The standard InChI is InChI=1S/C16H20N4O.ClH/c1-12(19-16(21)13-7-9-17-11-13)14-5-2-3-6-15(14)20-10-4-8-18-20;/h2-6,8,10,12-13,17H,7,9,11H2,1H3,(H,19,21);1H. The summed E-state index contributed by atoms with van der Waals surface area (Å²) in [6.45, 7) is 3.72. The zero-order valence-corrected chi connectivity index (χ0v) is 13.3. The molecule has 1 amide bonds. The highest BCUT2D eigenvalue weighted by Crippen LogP contribution is 2.21. The minimum absolute atomic E-state index is 0. The number of halogens is 1. The molecule has 0 aliphatic carbocycles. The Morgan fingerprint density at radius 2 is 2.23 bits per heavy atom. The molecule has 0 spiro atoms. The van der Waals surface area contributed by atoms with E-state index in [2.05, 4.69) is 15.7 Å². The molecule has 1 aromatic heterocycles. The second-order valence-corrected chi connectivity index (χ2v) is 5.43. The average Bonchev–Trinajstić information content (AvgIpc) is 3.20. The smallest absolute Gasteiger partial charge is 0.224 e. The van der Waals surface area contributed by atoms with Gasteiger partial charge in [0.25, 0.3) is 0 Å². The zero-order valence-electron chi connectivity index (χ0n) is 12.5. The fourth-order valence-electron chi connectivity index (χ4n) is 2.76. The largest absolute Gasteiger partial charge is 0.349 e. The topological polar surface area (TPSA) is 59.0 Å². The van der Waals surface area contributed by atoms with Crippen LogP contribution in [0, 0.1) is 5.92 Å². The fourth-order valence-corrected chi connectivity index (χ4v) is 2.76. The van der Waals surface area contributed by atoms with Crippen molar-refractivity contribution in [3.63, 3.8) is 0 Å². The molecule has 1 fully saturated rings. The molecule has 0 bridgehead atoms. The molecule has 1 saturated heterocycles. The molecule has 2 unspecified atom stereocenters. The molecule has 1 aliphatic rings. The maximum absolute atomic E-state index is 12.3. The third-order valence-corrected chi connectivity index (χ3v) is 3.94. The van der Waals surface area contributed by atoms with Gasteiger partial charge in [0.05, 0.1) is 17.6 Å². The Balaban J connectivity index is 0.00000176. The van der Waals surface area contributed by atoms with E-state index < -0.39 is 0 Å². The van der Waals surface area contributed by atoms with E-state index in [4.69, 9.17) is 0 Å². The summed E-state index contributed by atoms with van der Waals surface area (Å²) >= 11 is 0. The highest BCUT2D eigenvalue weighted by Gasteiger charge is 2.24. The van der Waals surface area contributed by atoms with Crippen LogP contribution in [0.3, 0.4) is 0 Å². The van der Waals surface area contributed by atoms with Crippen molar-refractivity contribution in [2.24, 2.45) is 5.92 Å². The maximum atomic E-state index is 12.3. The summed E-state index contributed by atoms with van der Waals surface area (Å²) in [6, 6.07) is 9.87. The van der Waals surface area contributed by atoms with Crippen molar-refractivity contribution in [1.29, 1.82) is 0 Å². The highest BCUT2D eigenvalue weighted by molar-refractivity contribution is 5.85. The van der Waals surface area contributed by atoms with Gasteiger partial charge in [0, 0.05) is 18.9 Å². The number of benzene rings is 1. The number of carbonyl (C=O) groups excluding carboxylic acids is 1. The number of amides is 1. The zero-order chi connectivity index (χ0) is 14.7. The average molecular weight is 321 g/mol. The molecule has 3 rings (SSSR count). The number of para-hydroxylation sites is 1. The van der Waals surface area contributed by atoms with E-state index in [1.165, 1.54) is 0 Å². The molecular formula is C16H21ClN4O. The van der Waals surface area contributed by atoms with Crippen molar-refractivity contribution < 1.29 is 4.79 Å². The number of aromatic nitrogens is 2. The summed E-state index contributed by atoms with van der Waals surface area (Å²) in [7, 11) is 0. The SMILES string of the molecule is CC(NC(=O)C1CCNC1)c1ccccc1-n1cccn1.Cl. The van der Waals surface area contributed by atoms with Gasteiger partial charge in [-0.15, -0.1) is 12.4 Å². The van der Waals surface area contributed by atoms with Crippen LogP contribution in [0.1, 0.15) is 24.9 Å². The molecule has 0 saturated carbocycles. The van der Waals surface area contributed by atoms with Crippen LogP contribution in [-0.2, 0) is 4.79 Å². The van der Waals surface area contributed by atoms with Crippen LogP contribution in [0.25, 0.3) is 5.69 Å². The van der Waals surface area contributed by atoms with Crippen LogP contribution < -0.4 is 10.6 Å². The Morgan fingerprint density at radius 3 is 2.91 bits per heavy atom. The maximum Gasteiger partial charge on any atom is 0.224 e. The minimum atomic E-state index is -0.0431. The molecule has 5 nitrogen and oxygen atoms in total. The van der Waals surface area contributed by atoms with Crippen molar-refractivity contribution in [1.82, 2.24) is 20.4 Å². The minimum Gasteiger partial charge on any atom is -0.349 e. The predicted molar refractivity (Wildman–Crippen MR) is 88.3 cm³/mol. The van der Waals surface area contributed by atoms with Crippen LogP contribution >= 0.6 is 12.4 Å². The van der Waals surface area contributed by atoms with Crippen molar-refractivity contribution in [3.05, 3.63) is 48.3 Å². The molecule has 2 aromatic rings. The quantitative estimate of drug-likeness (QED) is 0.907. The lowest BCUT2D eigenvalue weighted by atomic mass is 10.0. The van der Waals surface area contributed by atoms with Gasteiger partial charge in [0.15, 0.2) is 0 Å². The number of rotatable bonds is 4. The van der Waals surface area contributed by atoms with Gasteiger partial charge in [-0.2, -0.15) is 5.10 Å². The molecule has 6 heteroatoms. The van der Waals surface area contributed by atoms with Crippen LogP contribution in [0.2, 0.25) is 0 Å². The lowest BCUT2D eigenvalue weighted by molar-refractivity contribution is -0.125. The van der Waals surface area contributed by atoms with Gasteiger partial charge in [-0.05, 0) is 37.6 Å². The molecule has 22 heavy (non-hydrogen) atoms. The molecule has 0 radical (unpaired) electrons. The van der Waals surface area contributed by atoms with Gasteiger partial charge in [0.2, 0.25) is 5.91 Å².